The highest BCUT2D eigenvalue weighted by molar-refractivity contribution is 4.70. The first-order chi connectivity index (χ1) is 7.08. The summed E-state index contributed by atoms with van der Waals surface area (Å²) in [4.78, 5) is 0. The Balaban J connectivity index is 1.92. The summed E-state index contributed by atoms with van der Waals surface area (Å²) < 4.78 is 5.36. The molecule has 90 valence electrons. The van der Waals surface area contributed by atoms with Crippen molar-refractivity contribution in [3.05, 3.63) is 0 Å². The van der Waals surface area contributed by atoms with Crippen molar-refractivity contribution in [2.75, 3.05) is 19.8 Å². The van der Waals surface area contributed by atoms with Crippen LogP contribution in [0.4, 0.5) is 0 Å². The molecule has 1 heterocycles. The normalized spacial score (nSPS) is 19.4. The highest BCUT2D eigenvalue weighted by atomic mass is 16.5. The molecule has 2 nitrogen and oxygen atoms in total. The zero-order chi connectivity index (χ0) is 11.1. The summed E-state index contributed by atoms with van der Waals surface area (Å²) in [6, 6.07) is 0. The highest BCUT2D eigenvalue weighted by Gasteiger charge is 2.13. The molecule has 1 aliphatic rings. The first-order valence-electron chi connectivity index (χ1n) is 6.41. The standard InChI is InChI=1S/C13H27NO/c1-13(2,3)14-9-5-4-6-12-7-10-15-11-8-12/h12,14H,4-11H2,1-3H3. The fourth-order valence-corrected chi connectivity index (χ4v) is 2.06. The maximum Gasteiger partial charge on any atom is 0.0468 e. The van der Waals surface area contributed by atoms with Crippen LogP contribution in [0.3, 0.4) is 0 Å². The van der Waals surface area contributed by atoms with Crippen molar-refractivity contribution in [3.63, 3.8) is 0 Å². The SMILES string of the molecule is CC(C)(C)NCCCCC1CCOCC1. The molecule has 0 atom stereocenters. The van der Waals surface area contributed by atoms with Gasteiger partial charge in [-0.05, 0) is 52.5 Å². The van der Waals surface area contributed by atoms with Crippen molar-refractivity contribution in [2.45, 2.75) is 58.4 Å². The number of ether oxygens (including phenoxy) is 1. The lowest BCUT2D eigenvalue weighted by atomic mass is 9.94. The van der Waals surface area contributed by atoms with Crippen LogP contribution in [-0.4, -0.2) is 25.3 Å². The molecule has 2 heteroatoms. The second-order valence-electron chi connectivity index (χ2n) is 5.73. The summed E-state index contributed by atoms with van der Waals surface area (Å²) in [5.74, 6) is 0.938. The van der Waals surface area contributed by atoms with E-state index >= 15 is 0 Å². The predicted octanol–water partition coefficient (Wildman–Crippen LogP) is 2.97. The van der Waals surface area contributed by atoms with Crippen molar-refractivity contribution in [3.8, 4) is 0 Å². The molecule has 0 amide bonds. The molecular weight excluding hydrogens is 186 g/mol. The van der Waals surface area contributed by atoms with Gasteiger partial charge >= 0.3 is 0 Å². The molecule has 15 heavy (non-hydrogen) atoms. The second kappa shape index (κ2) is 6.49. The summed E-state index contributed by atoms with van der Waals surface area (Å²) in [6.45, 7) is 9.82. The van der Waals surface area contributed by atoms with Gasteiger partial charge in [-0.2, -0.15) is 0 Å². The van der Waals surface area contributed by atoms with Gasteiger partial charge in [0.15, 0.2) is 0 Å². The summed E-state index contributed by atoms with van der Waals surface area (Å²) in [6.07, 6.45) is 6.65. The summed E-state index contributed by atoms with van der Waals surface area (Å²) in [5.41, 5.74) is 0.276. The fraction of sp³-hybridized carbons (Fsp3) is 1.00. The van der Waals surface area contributed by atoms with Crippen molar-refractivity contribution < 1.29 is 4.74 Å². The molecule has 0 aromatic carbocycles. The van der Waals surface area contributed by atoms with Crippen molar-refractivity contribution in [2.24, 2.45) is 5.92 Å². The minimum atomic E-state index is 0.276. The van der Waals surface area contributed by atoms with E-state index in [0.717, 1.165) is 25.7 Å². The molecule has 1 fully saturated rings. The molecular formula is C13H27NO. The van der Waals surface area contributed by atoms with Crippen LogP contribution < -0.4 is 5.32 Å². The molecule has 0 saturated carbocycles. The average Bonchev–Trinajstić information content (AvgIpc) is 2.17. The van der Waals surface area contributed by atoms with E-state index in [2.05, 4.69) is 26.1 Å². The number of nitrogens with one attached hydrogen (secondary N) is 1. The van der Waals surface area contributed by atoms with Gasteiger partial charge in [0.2, 0.25) is 0 Å². The van der Waals surface area contributed by atoms with Crippen LogP contribution in [0.5, 0.6) is 0 Å². The Kier molecular flexibility index (Phi) is 5.62. The predicted molar refractivity (Wildman–Crippen MR) is 65.1 cm³/mol. The minimum absolute atomic E-state index is 0.276. The van der Waals surface area contributed by atoms with Gasteiger partial charge in [0.25, 0.3) is 0 Å². The fourth-order valence-electron chi connectivity index (χ4n) is 2.06. The lowest BCUT2D eigenvalue weighted by molar-refractivity contribution is 0.0631. The van der Waals surface area contributed by atoms with Gasteiger partial charge in [0.05, 0.1) is 0 Å². The number of hydrogen-bond donors (Lipinski definition) is 1. The molecule has 0 radical (unpaired) electrons. The Morgan fingerprint density at radius 2 is 1.80 bits per heavy atom. The molecule has 0 unspecified atom stereocenters. The number of hydrogen-bond acceptors (Lipinski definition) is 2. The van der Waals surface area contributed by atoms with Crippen LogP contribution in [-0.2, 0) is 4.74 Å². The maximum absolute atomic E-state index is 5.36. The van der Waals surface area contributed by atoms with E-state index < -0.39 is 0 Å². The third-order valence-electron chi connectivity index (χ3n) is 3.04. The molecule has 1 rings (SSSR count). The molecule has 1 saturated heterocycles. The van der Waals surface area contributed by atoms with Gasteiger partial charge in [0, 0.05) is 18.8 Å². The lowest BCUT2D eigenvalue weighted by Gasteiger charge is -2.23. The Morgan fingerprint density at radius 3 is 2.40 bits per heavy atom. The summed E-state index contributed by atoms with van der Waals surface area (Å²) in [7, 11) is 0. The highest BCUT2D eigenvalue weighted by Crippen LogP contribution is 2.20. The molecule has 0 aliphatic carbocycles. The summed E-state index contributed by atoms with van der Waals surface area (Å²) >= 11 is 0. The molecule has 0 spiro atoms. The molecule has 0 aromatic heterocycles. The van der Waals surface area contributed by atoms with E-state index in [9.17, 15) is 0 Å². The maximum atomic E-state index is 5.36. The Hall–Kier alpha value is -0.0800. The van der Waals surface area contributed by atoms with Crippen LogP contribution in [0.1, 0.15) is 52.9 Å². The van der Waals surface area contributed by atoms with Gasteiger partial charge < -0.3 is 10.1 Å². The van der Waals surface area contributed by atoms with Gasteiger partial charge in [0.1, 0.15) is 0 Å². The van der Waals surface area contributed by atoms with E-state index in [1.54, 1.807) is 0 Å². The van der Waals surface area contributed by atoms with Gasteiger partial charge in [-0.1, -0.05) is 12.8 Å². The third kappa shape index (κ3) is 6.91. The largest absolute Gasteiger partial charge is 0.381 e. The Bertz CT molecular complexity index is 156. The van der Waals surface area contributed by atoms with Gasteiger partial charge in [-0.3, -0.25) is 0 Å². The monoisotopic (exact) mass is 213 g/mol. The van der Waals surface area contributed by atoms with Crippen LogP contribution in [0.2, 0.25) is 0 Å². The Labute approximate surface area is 94.8 Å². The van der Waals surface area contributed by atoms with E-state index in [1.165, 1.54) is 32.1 Å². The van der Waals surface area contributed by atoms with Crippen LogP contribution >= 0.6 is 0 Å². The smallest absolute Gasteiger partial charge is 0.0468 e. The molecule has 0 aromatic rings. The van der Waals surface area contributed by atoms with Crippen LogP contribution in [0, 0.1) is 5.92 Å². The van der Waals surface area contributed by atoms with Gasteiger partial charge in [-0.25, -0.2) is 0 Å². The quantitative estimate of drug-likeness (QED) is 0.709. The third-order valence-corrected chi connectivity index (χ3v) is 3.04. The van der Waals surface area contributed by atoms with Crippen LogP contribution in [0.15, 0.2) is 0 Å². The second-order valence-corrected chi connectivity index (χ2v) is 5.73. The number of unbranched alkanes of at least 4 members (excludes halogenated alkanes) is 1. The van der Waals surface area contributed by atoms with Crippen molar-refractivity contribution in [1.82, 2.24) is 5.32 Å². The summed E-state index contributed by atoms with van der Waals surface area (Å²) in [5, 5.41) is 3.53. The van der Waals surface area contributed by atoms with E-state index in [-0.39, 0.29) is 5.54 Å². The van der Waals surface area contributed by atoms with Crippen molar-refractivity contribution in [1.29, 1.82) is 0 Å². The first-order valence-corrected chi connectivity index (χ1v) is 6.41. The minimum Gasteiger partial charge on any atom is -0.381 e. The Morgan fingerprint density at radius 1 is 1.13 bits per heavy atom. The lowest BCUT2D eigenvalue weighted by Crippen LogP contribution is -2.36. The topological polar surface area (TPSA) is 21.3 Å². The van der Waals surface area contributed by atoms with E-state index in [0.29, 0.717) is 0 Å². The van der Waals surface area contributed by atoms with Gasteiger partial charge in [-0.15, -0.1) is 0 Å². The van der Waals surface area contributed by atoms with Crippen LogP contribution in [0.25, 0.3) is 0 Å². The van der Waals surface area contributed by atoms with E-state index in [4.69, 9.17) is 4.74 Å². The molecule has 0 bridgehead atoms. The van der Waals surface area contributed by atoms with E-state index in [1.807, 2.05) is 0 Å². The zero-order valence-electron chi connectivity index (χ0n) is 10.6. The zero-order valence-corrected chi connectivity index (χ0v) is 10.6. The first kappa shape index (κ1) is 13.0. The average molecular weight is 213 g/mol. The molecule has 1 N–H and O–H groups in total. The molecule has 1 aliphatic heterocycles. The number of rotatable bonds is 5. The van der Waals surface area contributed by atoms with Crippen molar-refractivity contribution >= 4 is 0 Å².